The first-order valence-corrected chi connectivity index (χ1v) is 8.37. The van der Waals surface area contributed by atoms with E-state index in [9.17, 15) is 9.59 Å². The van der Waals surface area contributed by atoms with E-state index in [4.69, 9.17) is 14.6 Å². The molecule has 1 aromatic carbocycles. The van der Waals surface area contributed by atoms with Crippen molar-refractivity contribution in [2.45, 2.75) is 37.7 Å². The molecule has 1 aliphatic carbocycles. The molecule has 0 bridgehead atoms. The molecular formula is C18H23NO5. The predicted octanol–water partition coefficient (Wildman–Crippen LogP) is 1.82. The fourth-order valence-corrected chi connectivity index (χ4v) is 3.60. The molecule has 24 heavy (non-hydrogen) atoms. The third-order valence-corrected chi connectivity index (χ3v) is 4.90. The van der Waals surface area contributed by atoms with Gasteiger partial charge in [0.1, 0.15) is 5.75 Å². The smallest absolute Gasteiger partial charge is 0.334 e. The van der Waals surface area contributed by atoms with Gasteiger partial charge in [-0.3, -0.25) is 4.79 Å². The second-order valence-corrected chi connectivity index (χ2v) is 6.40. The Hall–Kier alpha value is -2.08. The number of carbonyl (C=O) groups excluding carboxylic acids is 1. The average Bonchev–Trinajstić information content (AvgIpc) is 2.61. The number of hydrogen-bond donors (Lipinski definition) is 1. The monoisotopic (exact) mass is 333 g/mol. The number of carboxylic acids is 1. The normalized spacial score (nSPS) is 23.5. The van der Waals surface area contributed by atoms with E-state index in [0.29, 0.717) is 13.0 Å². The lowest BCUT2D eigenvalue weighted by Crippen LogP contribution is -2.48. The number of rotatable bonds is 4. The van der Waals surface area contributed by atoms with E-state index in [1.165, 1.54) is 11.1 Å². The highest BCUT2D eigenvalue weighted by Gasteiger charge is 2.31. The number of aliphatic carboxylic acids is 1. The lowest BCUT2D eigenvalue weighted by Gasteiger charge is -2.33. The zero-order valence-electron chi connectivity index (χ0n) is 13.9. The number of fused-ring (bicyclic) bond motifs is 1. The lowest BCUT2D eigenvalue weighted by atomic mass is 9.80. The summed E-state index contributed by atoms with van der Waals surface area (Å²) in [7, 11) is 1.66. The Morgan fingerprint density at radius 3 is 3.00 bits per heavy atom. The molecule has 1 saturated heterocycles. The zero-order valence-corrected chi connectivity index (χ0v) is 13.9. The molecule has 2 atom stereocenters. The number of nitrogens with zero attached hydrogens (tertiary/aromatic N) is 1. The van der Waals surface area contributed by atoms with Crippen LogP contribution < -0.4 is 4.74 Å². The number of benzene rings is 1. The van der Waals surface area contributed by atoms with Crippen LogP contribution in [-0.4, -0.2) is 54.8 Å². The van der Waals surface area contributed by atoms with Gasteiger partial charge < -0.3 is 19.5 Å². The van der Waals surface area contributed by atoms with Crippen molar-refractivity contribution in [2.24, 2.45) is 0 Å². The molecule has 0 spiro atoms. The topological polar surface area (TPSA) is 76.1 Å². The maximum absolute atomic E-state index is 12.6. The van der Waals surface area contributed by atoms with Crippen molar-refractivity contribution in [1.29, 1.82) is 0 Å². The van der Waals surface area contributed by atoms with Gasteiger partial charge in [-0.05, 0) is 48.4 Å². The maximum atomic E-state index is 12.6. The molecule has 2 aliphatic rings. The molecule has 0 unspecified atom stereocenters. The summed E-state index contributed by atoms with van der Waals surface area (Å²) >= 11 is 0. The van der Waals surface area contributed by atoms with E-state index in [1.54, 1.807) is 12.0 Å². The van der Waals surface area contributed by atoms with E-state index in [2.05, 4.69) is 12.1 Å². The zero-order chi connectivity index (χ0) is 17.1. The minimum Gasteiger partial charge on any atom is -0.497 e. The van der Waals surface area contributed by atoms with Gasteiger partial charge in [-0.2, -0.15) is 0 Å². The summed E-state index contributed by atoms with van der Waals surface area (Å²) in [5.74, 6) is 0.0392. The van der Waals surface area contributed by atoms with Crippen LogP contribution in [0, 0.1) is 0 Å². The Morgan fingerprint density at radius 2 is 2.25 bits per heavy atom. The Bertz CT molecular complexity index is 630. The number of methoxy groups -OCH3 is 1. The fraction of sp³-hybridized carbons (Fsp3) is 0.556. The molecular weight excluding hydrogens is 310 g/mol. The summed E-state index contributed by atoms with van der Waals surface area (Å²) in [6.07, 6.45) is 2.56. The summed E-state index contributed by atoms with van der Waals surface area (Å²) in [6.45, 7) is 0.877. The second kappa shape index (κ2) is 7.21. The summed E-state index contributed by atoms with van der Waals surface area (Å²) < 4.78 is 10.5. The number of aryl methyl sites for hydroxylation is 1. The Labute approximate surface area is 141 Å². The van der Waals surface area contributed by atoms with Crippen LogP contribution in [0.5, 0.6) is 5.75 Å². The number of hydrogen-bond acceptors (Lipinski definition) is 4. The molecule has 0 saturated carbocycles. The predicted molar refractivity (Wildman–Crippen MR) is 87.2 cm³/mol. The summed E-state index contributed by atoms with van der Waals surface area (Å²) in [5, 5.41) is 9.06. The number of amides is 1. The molecule has 1 amide bonds. The molecule has 3 rings (SSSR count). The van der Waals surface area contributed by atoms with Gasteiger partial charge in [0.25, 0.3) is 0 Å². The van der Waals surface area contributed by atoms with Crippen molar-refractivity contribution < 1.29 is 24.2 Å². The van der Waals surface area contributed by atoms with Gasteiger partial charge in [0.15, 0.2) is 6.10 Å². The highest BCUT2D eigenvalue weighted by Crippen LogP contribution is 2.36. The van der Waals surface area contributed by atoms with Crippen LogP contribution in [0.4, 0.5) is 0 Å². The summed E-state index contributed by atoms with van der Waals surface area (Å²) in [5.41, 5.74) is 2.47. The van der Waals surface area contributed by atoms with Crippen molar-refractivity contribution in [1.82, 2.24) is 4.90 Å². The van der Waals surface area contributed by atoms with Gasteiger partial charge in [-0.25, -0.2) is 4.79 Å². The van der Waals surface area contributed by atoms with E-state index in [-0.39, 0.29) is 25.0 Å². The van der Waals surface area contributed by atoms with Gasteiger partial charge >= 0.3 is 5.97 Å². The standard InChI is InChI=1S/C18H23NO5/c1-23-14-5-6-15-12(9-14)3-2-4-13(15)10-17(20)19-7-8-24-16(11-19)18(21)22/h5-6,9,13,16H,2-4,7-8,10-11H2,1H3,(H,21,22)/t13-,16-/m1/s1. The number of carboxylic acid groups (broad SMARTS) is 1. The second-order valence-electron chi connectivity index (χ2n) is 6.40. The first-order chi connectivity index (χ1) is 11.6. The van der Waals surface area contributed by atoms with Gasteiger partial charge in [-0.1, -0.05) is 6.07 Å². The molecule has 1 aliphatic heterocycles. The lowest BCUT2D eigenvalue weighted by molar-refractivity contribution is -0.159. The molecule has 6 heteroatoms. The third kappa shape index (κ3) is 3.53. The Kier molecular flexibility index (Phi) is 5.04. The van der Waals surface area contributed by atoms with Crippen molar-refractivity contribution in [2.75, 3.05) is 26.8 Å². The average molecular weight is 333 g/mol. The van der Waals surface area contributed by atoms with Crippen molar-refractivity contribution in [3.05, 3.63) is 29.3 Å². The minimum atomic E-state index is -1.01. The van der Waals surface area contributed by atoms with Crippen LogP contribution in [0.15, 0.2) is 18.2 Å². The van der Waals surface area contributed by atoms with E-state index < -0.39 is 12.1 Å². The fourth-order valence-electron chi connectivity index (χ4n) is 3.60. The maximum Gasteiger partial charge on any atom is 0.334 e. The van der Waals surface area contributed by atoms with Crippen LogP contribution in [0.25, 0.3) is 0 Å². The van der Waals surface area contributed by atoms with Crippen LogP contribution >= 0.6 is 0 Å². The highest BCUT2D eigenvalue weighted by molar-refractivity contribution is 5.79. The van der Waals surface area contributed by atoms with Crippen LogP contribution in [0.3, 0.4) is 0 Å². The molecule has 0 radical (unpaired) electrons. The number of carbonyl (C=O) groups is 2. The van der Waals surface area contributed by atoms with Crippen LogP contribution in [0.1, 0.15) is 36.3 Å². The minimum absolute atomic E-state index is 0.0122. The van der Waals surface area contributed by atoms with Gasteiger partial charge in [0.05, 0.1) is 20.3 Å². The quantitative estimate of drug-likeness (QED) is 0.909. The van der Waals surface area contributed by atoms with Crippen molar-refractivity contribution >= 4 is 11.9 Å². The molecule has 0 aromatic heterocycles. The Morgan fingerprint density at radius 1 is 1.42 bits per heavy atom. The molecule has 1 fully saturated rings. The summed E-state index contributed by atoms with van der Waals surface area (Å²) in [4.78, 5) is 25.3. The van der Waals surface area contributed by atoms with Crippen LogP contribution in [-0.2, 0) is 20.7 Å². The van der Waals surface area contributed by atoms with Crippen LogP contribution in [0.2, 0.25) is 0 Å². The molecule has 1 aromatic rings. The SMILES string of the molecule is COc1ccc2c(c1)CCC[C@@H]2CC(=O)N1CCO[C@@H](C(=O)O)C1. The first kappa shape index (κ1) is 16.8. The van der Waals surface area contributed by atoms with Crippen molar-refractivity contribution in [3.8, 4) is 5.75 Å². The molecule has 130 valence electrons. The van der Waals surface area contributed by atoms with E-state index in [1.807, 2.05) is 6.07 Å². The highest BCUT2D eigenvalue weighted by atomic mass is 16.5. The summed E-state index contributed by atoms with van der Waals surface area (Å²) in [6, 6.07) is 6.06. The number of morpholine rings is 1. The van der Waals surface area contributed by atoms with Crippen molar-refractivity contribution in [3.63, 3.8) is 0 Å². The largest absolute Gasteiger partial charge is 0.497 e. The van der Waals surface area contributed by atoms with Gasteiger partial charge in [-0.15, -0.1) is 0 Å². The van der Waals surface area contributed by atoms with E-state index >= 15 is 0 Å². The van der Waals surface area contributed by atoms with E-state index in [0.717, 1.165) is 25.0 Å². The Balaban J connectivity index is 1.68. The molecule has 1 N–H and O–H groups in total. The molecule has 6 nitrogen and oxygen atoms in total. The van der Waals surface area contributed by atoms with Gasteiger partial charge in [0.2, 0.25) is 5.91 Å². The number of ether oxygens (including phenoxy) is 2. The third-order valence-electron chi connectivity index (χ3n) is 4.90. The van der Waals surface area contributed by atoms with Gasteiger partial charge in [0, 0.05) is 13.0 Å². The molecule has 1 heterocycles. The first-order valence-electron chi connectivity index (χ1n) is 8.37.